The van der Waals surface area contributed by atoms with Crippen molar-refractivity contribution in [3.05, 3.63) is 94.2 Å². The number of carboxylic acid groups (broad SMARTS) is 1. The van der Waals surface area contributed by atoms with Gasteiger partial charge in [-0.15, -0.1) is 22.7 Å². The summed E-state index contributed by atoms with van der Waals surface area (Å²) in [6.07, 6.45) is 1.14. The molecule has 0 unspecified atom stereocenters. The van der Waals surface area contributed by atoms with Crippen molar-refractivity contribution < 1.29 is 31.5 Å². The second-order valence-corrected chi connectivity index (χ2v) is 13.2. The van der Waals surface area contributed by atoms with Crippen LogP contribution in [0.5, 0.6) is 0 Å². The van der Waals surface area contributed by atoms with Gasteiger partial charge in [-0.25, -0.2) is 27.1 Å². The zero-order chi connectivity index (χ0) is 27.3. The Bertz CT molecular complexity index is 1630. The highest BCUT2D eigenvalue weighted by molar-refractivity contribution is 7.95. The van der Waals surface area contributed by atoms with Gasteiger partial charge in [-0.1, -0.05) is 30.3 Å². The molecule has 0 saturated heterocycles. The molecule has 196 valence electrons. The molecule has 0 atom stereocenters. The van der Waals surface area contributed by atoms with Crippen molar-refractivity contribution in [2.24, 2.45) is 5.10 Å². The van der Waals surface area contributed by atoms with E-state index in [1.165, 1.54) is 42.5 Å². The summed E-state index contributed by atoms with van der Waals surface area (Å²) >= 11 is 1.97. The number of carboxylic acids is 1. The van der Waals surface area contributed by atoms with Crippen molar-refractivity contribution in [1.82, 2.24) is 5.43 Å². The summed E-state index contributed by atoms with van der Waals surface area (Å²) in [5, 5.41) is 16.2. The molecular weight excluding hydrogens is 573 g/mol. The Kier molecular flexibility index (Phi) is 7.91. The van der Waals surface area contributed by atoms with Crippen LogP contribution in [0.1, 0.15) is 26.3 Å². The van der Waals surface area contributed by atoms with Crippen molar-refractivity contribution in [2.45, 2.75) is 8.42 Å². The number of carbonyl (C=O) groups is 2. The number of benzene rings is 2. The molecule has 0 saturated carbocycles. The predicted molar refractivity (Wildman–Crippen MR) is 145 cm³/mol. The van der Waals surface area contributed by atoms with Crippen LogP contribution in [0.4, 0.5) is 11.4 Å². The van der Waals surface area contributed by atoms with Crippen molar-refractivity contribution in [1.29, 1.82) is 0 Å². The first kappa shape index (κ1) is 27.0. The largest absolute Gasteiger partial charge is 0.478 e. The molecule has 2 aromatic heterocycles. The minimum atomic E-state index is -4.01. The third-order valence-electron chi connectivity index (χ3n) is 4.78. The molecule has 1 amide bonds. The van der Waals surface area contributed by atoms with Crippen LogP contribution in [0, 0.1) is 0 Å². The quantitative estimate of drug-likeness (QED) is 0.160. The number of nitrogens with one attached hydrogen (secondary N) is 3. The van der Waals surface area contributed by atoms with E-state index in [1.54, 1.807) is 35.0 Å². The Balaban J connectivity index is 1.64. The number of hydrogen-bond acceptors (Lipinski definition) is 9. The molecule has 0 aliphatic heterocycles. The second kappa shape index (κ2) is 11.1. The molecule has 0 radical (unpaired) electrons. The Morgan fingerprint density at radius 2 is 1.34 bits per heavy atom. The number of sulfonamides is 2. The van der Waals surface area contributed by atoms with Crippen LogP contribution in [-0.4, -0.2) is 40.0 Å². The summed E-state index contributed by atoms with van der Waals surface area (Å²) in [5.74, 6) is -1.98. The summed E-state index contributed by atoms with van der Waals surface area (Å²) in [6, 6.07) is 15.6. The molecule has 0 aliphatic rings. The molecule has 0 fully saturated rings. The Morgan fingerprint density at radius 3 is 1.84 bits per heavy atom. The number of nitrogens with zero attached hydrogens (tertiary/aromatic N) is 1. The molecule has 4 rings (SSSR count). The molecular formula is C23H18N4O7S4. The highest BCUT2D eigenvalue weighted by Crippen LogP contribution is 2.27. The van der Waals surface area contributed by atoms with Gasteiger partial charge < -0.3 is 5.11 Å². The normalized spacial score (nSPS) is 11.8. The molecule has 4 aromatic rings. The number of hydrazone groups is 1. The molecule has 2 heterocycles. The van der Waals surface area contributed by atoms with Gasteiger partial charge in [0.15, 0.2) is 0 Å². The molecule has 0 aliphatic carbocycles. The van der Waals surface area contributed by atoms with Gasteiger partial charge in [-0.2, -0.15) is 5.10 Å². The minimum Gasteiger partial charge on any atom is -0.478 e. The number of thiophene rings is 2. The highest BCUT2D eigenvalue weighted by Gasteiger charge is 2.20. The van der Waals surface area contributed by atoms with E-state index in [9.17, 15) is 31.5 Å². The maximum absolute atomic E-state index is 12.9. The average molecular weight is 591 g/mol. The van der Waals surface area contributed by atoms with Gasteiger partial charge in [0, 0.05) is 11.1 Å². The average Bonchev–Trinajstić information content (AvgIpc) is 3.59. The van der Waals surface area contributed by atoms with Crippen LogP contribution in [0.2, 0.25) is 0 Å². The summed E-state index contributed by atoms with van der Waals surface area (Å²) in [6.45, 7) is 0. The summed E-state index contributed by atoms with van der Waals surface area (Å²) in [4.78, 5) is 24.2. The van der Waals surface area contributed by atoms with E-state index >= 15 is 0 Å². The maximum atomic E-state index is 12.9. The number of aromatic carboxylic acids is 1. The van der Waals surface area contributed by atoms with Gasteiger partial charge in [0.25, 0.3) is 26.0 Å². The minimum absolute atomic E-state index is 0.0229. The molecule has 2 aromatic carbocycles. The fraction of sp³-hybridized carbons (Fsp3) is 0. The van der Waals surface area contributed by atoms with E-state index < -0.39 is 31.9 Å². The van der Waals surface area contributed by atoms with Gasteiger partial charge in [0.1, 0.15) is 8.42 Å². The van der Waals surface area contributed by atoms with Gasteiger partial charge in [0.05, 0.1) is 23.2 Å². The zero-order valence-corrected chi connectivity index (χ0v) is 22.3. The molecule has 38 heavy (non-hydrogen) atoms. The first-order valence-electron chi connectivity index (χ1n) is 10.5. The van der Waals surface area contributed by atoms with Crippen molar-refractivity contribution in [3.8, 4) is 0 Å². The Labute approximate surface area is 225 Å². The summed E-state index contributed by atoms with van der Waals surface area (Å²) in [7, 11) is -8.01. The van der Waals surface area contributed by atoms with Crippen LogP contribution in [0.3, 0.4) is 0 Å². The van der Waals surface area contributed by atoms with Crippen LogP contribution in [0.15, 0.2) is 91.0 Å². The van der Waals surface area contributed by atoms with E-state index in [2.05, 4.69) is 20.0 Å². The molecule has 0 spiro atoms. The smallest absolute Gasteiger partial charge is 0.336 e. The summed E-state index contributed by atoms with van der Waals surface area (Å²) < 4.78 is 55.7. The number of hydrogen-bond donors (Lipinski definition) is 4. The fourth-order valence-electron chi connectivity index (χ4n) is 3.15. The van der Waals surface area contributed by atoms with E-state index in [0.717, 1.165) is 28.9 Å². The summed E-state index contributed by atoms with van der Waals surface area (Å²) in [5.41, 5.74) is 2.18. The first-order chi connectivity index (χ1) is 18.0. The third kappa shape index (κ3) is 6.44. The SMILES string of the molecule is O=C(NN=Cc1ccccc1C(=O)O)c1cc(NS(=O)(=O)c2cccs2)cc(NS(=O)(=O)c2cccs2)c1. The van der Waals surface area contributed by atoms with Gasteiger partial charge in [0.2, 0.25) is 0 Å². The monoisotopic (exact) mass is 590 g/mol. The van der Waals surface area contributed by atoms with Gasteiger partial charge in [-0.05, 0) is 47.2 Å². The zero-order valence-electron chi connectivity index (χ0n) is 19.1. The number of amides is 1. The topological polar surface area (TPSA) is 171 Å². The number of rotatable bonds is 10. The molecule has 4 N–H and O–H groups in total. The first-order valence-corrected chi connectivity index (χ1v) is 15.2. The predicted octanol–water partition coefficient (Wildman–Crippen LogP) is 3.87. The molecule has 11 nitrogen and oxygen atoms in total. The second-order valence-electron chi connectivity index (χ2n) is 7.47. The van der Waals surface area contributed by atoms with Crippen LogP contribution >= 0.6 is 22.7 Å². The van der Waals surface area contributed by atoms with Crippen molar-refractivity contribution in [3.63, 3.8) is 0 Å². The number of anilines is 2. The van der Waals surface area contributed by atoms with Gasteiger partial charge >= 0.3 is 5.97 Å². The highest BCUT2D eigenvalue weighted by atomic mass is 32.3. The van der Waals surface area contributed by atoms with Crippen molar-refractivity contribution in [2.75, 3.05) is 9.44 Å². The van der Waals surface area contributed by atoms with Crippen LogP contribution in [-0.2, 0) is 20.0 Å². The van der Waals surface area contributed by atoms with Crippen LogP contribution in [0.25, 0.3) is 0 Å². The standard InChI is InChI=1S/C23H18N4O7S4/c28-22(25-24-14-15-5-1-2-6-19(15)23(29)30)16-11-17(26-37(31,32)20-7-3-9-35-20)13-18(12-16)27-38(33,34)21-8-4-10-36-21/h1-14,26-27H,(H,25,28)(H,29,30). The van der Waals surface area contributed by atoms with Gasteiger partial charge in [-0.3, -0.25) is 14.2 Å². The van der Waals surface area contributed by atoms with E-state index in [0.29, 0.717) is 0 Å². The lowest BCUT2D eigenvalue weighted by molar-refractivity contribution is 0.0696. The Hall–Kier alpha value is -4.05. The fourth-order valence-corrected chi connectivity index (χ4v) is 7.22. The van der Waals surface area contributed by atoms with Crippen molar-refractivity contribution >= 4 is 72.2 Å². The lowest BCUT2D eigenvalue weighted by atomic mass is 10.1. The lowest BCUT2D eigenvalue weighted by Crippen LogP contribution is -2.20. The van der Waals surface area contributed by atoms with Crippen LogP contribution < -0.4 is 14.9 Å². The number of carbonyl (C=O) groups excluding carboxylic acids is 1. The molecule has 15 heteroatoms. The van der Waals surface area contributed by atoms with E-state index in [1.807, 2.05) is 0 Å². The van der Waals surface area contributed by atoms with E-state index in [-0.39, 0.29) is 36.5 Å². The third-order valence-corrected chi connectivity index (χ3v) is 10.3. The Morgan fingerprint density at radius 1 is 0.789 bits per heavy atom. The maximum Gasteiger partial charge on any atom is 0.336 e. The van der Waals surface area contributed by atoms with E-state index in [4.69, 9.17) is 0 Å². The molecule has 0 bridgehead atoms. The lowest BCUT2D eigenvalue weighted by Gasteiger charge is -2.12.